The molecule has 0 aliphatic heterocycles. The van der Waals surface area contributed by atoms with Crippen molar-refractivity contribution in [2.75, 3.05) is 0 Å². The predicted octanol–water partition coefficient (Wildman–Crippen LogP) is 3.19. The van der Waals surface area contributed by atoms with E-state index in [1.807, 2.05) is 29.0 Å². The summed E-state index contributed by atoms with van der Waals surface area (Å²) >= 11 is 0. The molecule has 0 atom stereocenters. The van der Waals surface area contributed by atoms with E-state index in [4.69, 9.17) is 0 Å². The number of imidazole rings is 1. The van der Waals surface area contributed by atoms with Crippen molar-refractivity contribution in [2.45, 2.75) is 13.1 Å². The molecule has 140 valence electrons. The Morgan fingerprint density at radius 3 is 2.64 bits per heavy atom. The van der Waals surface area contributed by atoms with Crippen molar-refractivity contribution in [1.29, 1.82) is 0 Å². The number of hydrogen-bond acceptors (Lipinski definition) is 3. The molecule has 1 amide bonds. The van der Waals surface area contributed by atoms with E-state index in [0.717, 1.165) is 17.7 Å². The highest BCUT2D eigenvalue weighted by molar-refractivity contribution is 5.92. The van der Waals surface area contributed by atoms with Crippen LogP contribution in [-0.4, -0.2) is 25.2 Å². The summed E-state index contributed by atoms with van der Waals surface area (Å²) in [7, 11) is 0. The van der Waals surface area contributed by atoms with Gasteiger partial charge in [-0.25, -0.2) is 14.1 Å². The van der Waals surface area contributed by atoms with Crippen LogP contribution in [0.4, 0.5) is 4.39 Å². The van der Waals surface area contributed by atoms with Gasteiger partial charge in [0.15, 0.2) is 5.69 Å². The Morgan fingerprint density at radius 2 is 1.86 bits per heavy atom. The van der Waals surface area contributed by atoms with E-state index < -0.39 is 0 Å². The summed E-state index contributed by atoms with van der Waals surface area (Å²) in [6.07, 6.45) is 7.10. The molecule has 0 radical (unpaired) electrons. The Kier molecular flexibility index (Phi) is 4.97. The highest BCUT2D eigenvalue weighted by atomic mass is 19.1. The molecule has 1 N–H and O–H groups in total. The van der Waals surface area contributed by atoms with Crippen LogP contribution in [-0.2, 0) is 13.1 Å². The topological polar surface area (TPSA) is 64.7 Å². The van der Waals surface area contributed by atoms with E-state index in [-0.39, 0.29) is 11.7 Å². The Labute approximate surface area is 161 Å². The van der Waals surface area contributed by atoms with Crippen molar-refractivity contribution in [3.63, 3.8) is 0 Å². The molecule has 28 heavy (non-hydrogen) atoms. The standard InChI is InChI=1S/C21H18FN5O/c22-18-4-6-19(7-5-18)27-10-8-20(25-27)21(28)24-13-16-2-1-3-17(12-16)14-26-11-9-23-15-26/h1-12,15H,13-14H2,(H,24,28). The van der Waals surface area contributed by atoms with Crippen LogP contribution in [0.2, 0.25) is 0 Å². The third-order valence-corrected chi connectivity index (χ3v) is 4.28. The van der Waals surface area contributed by atoms with Crippen molar-refractivity contribution in [3.05, 3.63) is 102 Å². The van der Waals surface area contributed by atoms with Crippen molar-refractivity contribution in [1.82, 2.24) is 24.6 Å². The monoisotopic (exact) mass is 375 g/mol. The van der Waals surface area contributed by atoms with Crippen LogP contribution in [0, 0.1) is 5.82 Å². The normalized spacial score (nSPS) is 10.8. The van der Waals surface area contributed by atoms with Crippen molar-refractivity contribution < 1.29 is 9.18 Å². The largest absolute Gasteiger partial charge is 0.347 e. The summed E-state index contributed by atoms with van der Waals surface area (Å²) in [5, 5.41) is 7.14. The number of halogens is 1. The van der Waals surface area contributed by atoms with Crippen LogP contribution in [0.1, 0.15) is 21.6 Å². The van der Waals surface area contributed by atoms with Gasteiger partial charge in [0, 0.05) is 31.7 Å². The molecule has 0 aliphatic carbocycles. The zero-order valence-electron chi connectivity index (χ0n) is 15.0. The Morgan fingerprint density at radius 1 is 1.04 bits per heavy atom. The second-order valence-electron chi connectivity index (χ2n) is 6.36. The molecule has 7 heteroatoms. The number of rotatable bonds is 6. The fourth-order valence-electron chi connectivity index (χ4n) is 2.88. The molecule has 2 heterocycles. The van der Waals surface area contributed by atoms with Gasteiger partial charge in [0.05, 0.1) is 12.0 Å². The second-order valence-corrected chi connectivity index (χ2v) is 6.36. The average Bonchev–Trinajstić information content (AvgIpc) is 3.39. The molecule has 0 saturated heterocycles. The molecule has 0 fully saturated rings. The van der Waals surface area contributed by atoms with Gasteiger partial charge in [-0.15, -0.1) is 0 Å². The minimum Gasteiger partial charge on any atom is -0.347 e. The van der Waals surface area contributed by atoms with E-state index in [0.29, 0.717) is 17.9 Å². The van der Waals surface area contributed by atoms with Crippen LogP contribution in [0.25, 0.3) is 5.69 Å². The number of nitrogens with zero attached hydrogens (tertiary/aromatic N) is 4. The summed E-state index contributed by atoms with van der Waals surface area (Å²) < 4.78 is 16.6. The maximum Gasteiger partial charge on any atom is 0.272 e. The maximum absolute atomic E-state index is 13.0. The molecular formula is C21H18FN5O. The van der Waals surface area contributed by atoms with Gasteiger partial charge in [0.1, 0.15) is 5.82 Å². The number of carbonyl (C=O) groups is 1. The number of hydrogen-bond donors (Lipinski definition) is 1. The molecule has 4 rings (SSSR count). The summed E-state index contributed by atoms with van der Waals surface area (Å²) in [6, 6.07) is 15.6. The molecule has 6 nitrogen and oxygen atoms in total. The Bertz CT molecular complexity index is 1070. The number of aromatic nitrogens is 4. The zero-order valence-corrected chi connectivity index (χ0v) is 15.0. The van der Waals surface area contributed by atoms with Crippen LogP contribution in [0.5, 0.6) is 0 Å². The van der Waals surface area contributed by atoms with Crippen molar-refractivity contribution in [3.8, 4) is 5.69 Å². The fourth-order valence-corrected chi connectivity index (χ4v) is 2.88. The van der Waals surface area contributed by atoms with E-state index >= 15 is 0 Å². The lowest BCUT2D eigenvalue weighted by atomic mass is 10.1. The van der Waals surface area contributed by atoms with E-state index in [9.17, 15) is 9.18 Å². The van der Waals surface area contributed by atoms with E-state index in [2.05, 4.69) is 21.5 Å². The van der Waals surface area contributed by atoms with Crippen LogP contribution in [0.15, 0.2) is 79.5 Å². The number of nitrogens with one attached hydrogen (secondary N) is 1. The first kappa shape index (κ1) is 17.7. The van der Waals surface area contributed by atoms with Gasteiger partial charge in [-0.05, 0) is 41.5 Å². The van der Waals surface area contributed by atoms with Crippen molar-refractivity contribution >= 4 is 5.91 Å². The molecule has 0 unspecified atom stereocenters. The third-order valence-electron chi connectivity index (χ3n) is 4.28. The highest BCUT2D eigenvalue weighted by Crippen LogP contribution is 2.10. The van der Waals surface area contributed by atoms with Gasteiger partial charge >= 0.3 is 0 Å². The first-order chi connectivity index (χ1) is 13.7. The van der Waals surface area contributed by atoms with Gasteiger partial charge in [-0.3, -0.25) is 4.79 Å². The summed E-state index contributed by atoms with van der Waals surface area (Å²) in [6.45, 7) is 1.13. The first-order valence-electron chi connectivity index (χ1n) is 8.81. The summed E-state index contributed by atoms with van der Waals surface area (Å²) in [5.74, 6) is -0.579. The SMILES string of the molecule is O=C(NCc1cccc(Cn2ccnc2)c1)c1ccn(-c2ccc(F)cc2)n1. The molecule has 2 aromatic carbocycles. The van der Waals surface area contributed by atoms with E-state index in [1.54, 1.807) is 41.6 Å². The van der Waals surface area contributed by atoms with Crippen LogP contribution in [0.3, 0.4) is 0 Å². The van der Waals surface area contributed by atoms with Gasteiger partial charge < -0.3 is 9.88 Å². The minimum absolute atomic E-state index is 0.263. The van der Waals surface area contributed by atoms with Crippen molar-refractivity contribution in [2.24, 2.45) is 0 Å². The molecule has 4 aromatic rings. The zero-order chi connectivity index (χ0) is 19.3. The summed E-state index contributed by atoms with van der Waals surface area (Å²) in [4.78, 5) is 16.4. The average molecular weight is 375 g/mol. The maximum atomic E-state index is 13.0. The molecule has 0 bridgehead atoms. The fraction of sp³-hybridized carbons (Fsp3) is 0.0952. The van der Waals surface area contributed by atoms with Gasteiger partial charge in [0.2, 0.25) is 0 Å². The third kappa shape index (κ3) is 4.15. The van der Waals surface area contributed by atoms with Crippen LogP contribution >= 0.6 is 0 Å². The summed E-state index contributed by atoms with van der Waals surface area (Å²) in [5.41, 5.74) is 3.13. The molecular weight excluding hydrogens is 357 g/mol. The van der Waals surface area contributed by atoms with Gasteiger partial charge in [-0.2, -0.15) is 5.10 Å². The van der Waals surface area contributed by atoms with E-state index in [1.165, 1.54) is 12.1 Å². The predicted molar refractivity (Wildman–Crippen MR) is 102 cm³/mol. The van der Waals surface area contributed by atoms with Gasteiger partial charge in [0.25, 0.3) is 5.91 Å². The number of carbonyl (C=O) groups excluding carboxylic acids is 1. The molecule has 0 aliphatic rings. The first-order valence-corrected chi connectivity index (χ1v) is 8.81. The number of benzene rings is 2. The second kappa shape index (κ2) is 7.87. The lowest BCUT2D eigenvalue weighted by Crippen LogP contribution is -2.23. The molecule has 0 saturated carbocycles. The minimum atomic E-state index is -0.316. The Hall–Kier alpha value is -3.74. The Balaban J connectivity index is 1.39. The smallest absolute Gasteiger partial charge is 0.272 e. The number of amides is 1. The molecule has 2 aromatic heterocycles. The molecule has 0 spiro atoms. The lowest BCUT2D eigenvalue weighted by molar-refractivity contribution is 0.0945. The highest BCUT2D eigenvalue weighted by Gasteiger charge is 2.10. The van der Waals surface area contributed by atoms with Gasteiger partial charge in [-0.1, -0.05) is 24.3 Å². The van der Waals surface area contributed by atoms with Crippen LogP contribution < -0.4 is 5.32 Å². The lowest BCUT2D eigenvalue weighted by Gasteiger charge is -2.07. The quantitative estimate of drug-likeness (QED) is 0.563.